The lowest BCUT2D eigenvalue weighted by atomic mass is 9.87. The fraction of sp³-hybridized carbons (Fsp3) is 0.306. The number of carbonyl (C=O) groups is 2. The lowest BCUT2D eigenvalue weighted by molar-refractivity contribution is -0.123. The van der Waals surface area contributed by atoms with Gasteiger partial charge in [0.1, 0.15) is 12.4 Å². The lowest BCUT2D eigenvalue weighted by Crippen LogP contribution is -2.33. The number of benzene rings is 3. The van der Waals surface area contributed by atoms with Crippen molar-refractivity contribution in [1.29, 1.82) is 0 Å². The maximum absolute atomic E-state index is 14.2. The minimum absolute atomic E-state index is 0.00238. The van der Waals surface area contributed by atoms with E-state index in [0.29, 0.717) is 34.6 Å². The maximum atomic E-state index is 14.2. The normalized spacial score (nSPS) is 15.7. The zero-order chi connectivity index (χ0) is 34.1. The number of nitrogens with zero attached hydrogens (tertiary/aromatic N) is 3. The molecule has 0 bridgehead atoms. The van der Waals surface area contributed by atoms with Gasteiger partial charge in [-0.3, -0.25) is 4.79 Å². The van der Waals surface area contributed by atoms with Crippen LogP contribution in [0, 0.1) is 0 Å². The smallest absolute Gasteiger partial charge is 0.407 e. The number of hydrogen-bond acceptors (Lipinski definition) is 5. The van der Waals surface area contributed by atoms with Gasteiger partial charge in [-0.05, 0) is 71.4 Å². The van der Waals surface area contributed by atoms with Gasteiger partial charge in [-0.25, -0.2) is 9.48 Å². The van der Waals surface area contributed by atoms with Gasteiger partial charge in [-0.2, -0.15) is 18.3 Å². The van der Waals surface area contributed by atoms with Crippen molar-refractivity contribution >= 4 is 34.0 Å². The van der Waals surface area contributed by atoms with Crippen LogP contribution in [-0.2, 0) is 9.53 Å². The minimum atomic E-state index is -4.47. The van der Waals surface area contributed by atoms with Crippen molar-refractivity contribution in [3.8, 4) is 5.75 Å². The number of allylic oxidation sites excluding steroid dienone is 1. The van der Waals surface area contributed by atoms with Crippen LogP contribution in [0.1, 0.15) is 48.6 Å². The van der Waals surface area contributed by atoms with Crippen molar-refractivity contribution in [3.63, 3.8) is 0 Å². The highest BCUT2D eigenvalue weighted by molar-refractivity contribution is 6.00. The first-order valence-corrected chi connectivity index (χ1v) is 15.7. The van der Waals surface area contributed by atoms with Crippen LogP contribution >= 0.6 is 0 Å². The van der Waals surface area contributed by atoms with Gasteiger partial charge in [0.15, 0.2) is 6.23 Å². The average molecular weight is 663 g/mol. The highest BCUT2D eigenvalue weighted by Crippen LogP contribution is 2.40. The molecule has 2 heterocycles. The molecule has 9 nitrogen and oxygen atoms in total. The molecule has 1 aliphatic rings. The number of likely N-dealkylation sites (N-methyl/N-ethyl adjacent to an activating group) is 1. The quantitative estimate of drug-likeness (QED) is 0.122. The van der Waals surface area contributed by atoms with Gasteiger partial charge in [0, 0.05) is 31.7 Å². The summed E-state index contributed by atoms with van der Waals surface area (Å²) in [6, 6.07) is 20.8. The summed E-state index contributed by atoms with van der Waals surface area (Å²) in [7, 11) is 1.47. The summed E-state index contributed by atoms with van der Waals surface area (Å²) in [5, 5.41) is 17.3. The minimum Gasteiger partial charge on any atom is -0.492 e. The van der Waals surface area contributed by atoms with E-state index in [1.165, 1.54) is 19.2 Å². The molecule has 5 rings (SSSR count). The van der Waals surface area contributed by atoms with Gasteiger partial charge >= 0.3 is 12.3 Å². The Bertz CT molecular complexity index is 1760. The molecule has 2 N–H and O–H groups in total. The van der Waals surface area contributed by atoms with Crippen LogP contribution in [0.25, 0.3) is 22.0 Å². The van der Waals surface area contributed by atoms with Crippen LogP contribution in [0.2, 0.25) is 0 Å². The summed E-state index contributed by atoms with van der Waals surface area (Å²) < 4.78 is 56.0. The van der Waals surface area contributed by atoms with Gasteiger partial charge in [0.05, 0.1) is 24.7 Å². The van der Waals surface area contributed by atoms with Crippen LogP contribution in [0.4, 0.5) is 18.0 Å². The van der Waals surface area contributed by atoms with Gasteiger partial charge in [-0.15, -0.1) is 0 Å². The first kappa shape index (κ1) is 34.2. The molecule has 0 radical (unpaired) electrons. The fourth-order valence-electron chi connectivity index (χ4n) is 5.67. The number of rotatable bonds is 12. The standard InChI is InChI=1S/C36H37F3N4O5/c1-40-32(44)10-7-18-42(35(45)46)19-21-47-29-15-12-26(13-16-29)34(30(23-36(37,38)39)25-8-3-2-4-9-25)27-14-17-31-28(22-27)24-41-43(31)33-11-5-6-20-48-33/h2-4,7-10,12-17,22,24,33H,5-6,11,18-21,23H2,1H3,(H,40,44)(H,45,46)/b10-7+,34-30+. The predicted molar refractivity (Wildman–Crippen MR) is 176 cm³/mol. The molecule has 12 heteroatoms. The summed E-state index contributed by atoms with van der Waals surface area (Å²) in [4.78, 5) is 24.1. The summed E-state index contributed by atoms with van der Waals surface area (Å²) in [6.45, 7) is 0.709. The summed E-state index contributed by atoms with van der Waals surface area (Å²) in [5.41, 5.74) is 3.00. The van der Waals surface area contributed by atoms with Gasteiger partial charge in [0.25, 0.3) is 0 Å². The monoisotopic (exact) mass is 662 g/mol. The Hall–Kier alpha value is -5.10. The molecule has 1 saturated heterocycles. The maximum Gasteiger partial charge on any atom is 0.407 e. The molecule has 3 aromatic carbocycles. The number of aromatic nitrogens is 2. The summed E-state index contributed by atoms with van der Waals surface area (Å²) >= 11 is 0. The zero-order valence-electron chi connectivity index (χ0n) is 26.5. The number of carboxylic acid groups (broad SMARTS) is 1. The van der Waals surface area contributed by atoms with Gasteiger partial charge in [0.2, 0.25) is 5.91 Å². The van der Waals surface area contributed by atoms with Crippen LogP contribution in [0.5, 0.6) is 5.75 Å². The molecule has 1 aliphatic heterocycles. The van der Waals surface area contributed by atoms with E-state index in [2.05, 4.69) is 10.4 Å². The predicted octanol–water partition coefficient (Wildman–Crippen LogP) is 7.31. The van der Waals surface area contributed by atoms with E-state index in [0.717, 1.165) is 35.1 Å². The van der Waals surface area contributed by atoms with Gasteiger partial charge < -0.3 is 24.8 Å². The Morgan fingerprint density at radius 2 is 1.81 bits per heavy atom. The van der Waals surface area contributed by atoms with E-state index in [1.54, 1.807) is 60.8 Å². The second-order valence-electron chi connectivity index (χ2n) is 11.3. The number of alkyl halides is 3. The molecule has 0 spiro atoms. The summed E-state index contributed by atoms with van der Waals surface area (Å²) in [6.07, 6.45) is 0.298. The molecule has 0 aliphatic carbocycles. The molecular formula is C36H37F3N4O5. The summed E-state index contributed by atoms with van der Waals surface area (Å²) in [5.74, 6) is 0.0745. The van der Waals surface area contributed by atoms with Crippen LogP contribution in [0.3, 0.4) is 0 Å². The van der Waals surface area contributed by atoms with Crippen molar-refractivity contribution in [3.05, 3.63) is 108 Å². The second-order valence-corrected chi connectivity index (χ2v) is 11.3. The zero-order valence-corrected chi connectivity index (χ0v) is 26.5. The molecule has 1 unspecified atom stereocenters. The third-order valence-electron chi connectivity index (χ3n) is 8.00. The Morgan fingerprint density at radius 1 is 1.06 bits per heavy atom. The molecule has 2 amide bonds. The van der Waals surface area contributed by atoms with E-state index < -0.39 is 18.7 Å². The van der Waals surface area contributed by atoms with Crippen LogP contribution < -0.4 is 10.1 Å². The molecule has 1 atom stereocenters. The number of halogens is 3. The second kappa shape index (κ2) is 15.7. The Balaban J connectivity index is 1.46. The third-order valence-corrected chi connectivity index (χ3v) is 8.00. The number of amides is 2. The third kappa shape index (κ3) is 8.82. The molecular weight excluding hydrogens is 625 g/mol. The van der Waals surface area contributed by atoms with Crippen LogP contribution in [-0.4, -0.2) is 71.3 Å². The molecule has 0 saturated carbocycles. The van der Waals surface area contributed by atoms with E-state index in [4.69, 9.17) is 9.47 Å². The van der Waals surface area contributed by atoms with E-state index in [9.17, 15) is 27.9 Å². The topological polar surface area (TPSA) is 106 Å². The first-order valence-electron chi connectivity index (χ1n) is 15.7. The van der Waals surface area contributed by atoms with Crippen molar-refractivity contribution in [1.82, 2.24) is 20.0 Å². The number of fused-ring (bicyclic) bond motifs is 1. The highest BCUT2D eigenvalue weighted by atomic mass is 19.4. The number of carbonyl (C=O) groups excluding carboxylic acids is 1. The lowest BCUT2D eigenvalue weighted by Gasteiger charge is -2.23. The highest BCUT2D eigenvalue weighted by Gasteiger charge is 2.32. The Morgan fingerprint density at radius 3 is 2.48 bits per heavy atom. The van der Waals surface area contributed by atoms with E-state index in [1.807, 2.05) is 22.9 Å². The van der Waals surface area contributed by atoms with E-state index >= 15 is 0 Å². The number of nitrogens with one attached hydrogen (secondary N) is 1. The van der Waals surface area contributed by atoms with Crippen molar-refractivity contribution < 1.29 is 37.3 Å². The largest absolute Gasteiger partial charge is 0.492 e. The Labute approximate surface area is 276 Å². The molecule has 1 aromatic heterocycles. The van der Waals surface area contributed by atoms with Crippen molar-refractivity contribution in [2.24, 2.45) is 0 Å². The molecule has 1 fully saturated rings. The van der Waals surface area contributed by atoms with Crippen LogP contribution in [0.15, 0.2) is 91.1 Å². The number of hydrogen-bond donors (Lipinski definition) is 2. The average Bonchev–Trinajstić information content (AvgIpc) is 3.51. The molecule has 48 heavy (non-hydrogen) atoms. The van der Waals surface area contributed by atoms with E-state index in [-0.39, 0.29) is 37.4 Å². The van der Waals surface area contributed by atoms with Crippen molar-refractivity contribution in [2.45, 2.75) is 38.1 Å². The van der Waals surface area contributed by atoms with Crippen molar-refractivity contribution in [2.75, 3.05) is 33.4 Å². The molecule has 4 aromatic rings. The fourth-order valence-corrected chi connectivity index (χ4v) is 5.67. The first-order chi connectivity index (χ1) is 23.1. The number of ether oxygens (including phenoxy) is 2. The molecule has 252 valence electrons. The SMILES string of the molecule is CNC(=O)/C=C/CN(CCOc1ccc(/C(=C(/CC(F)(F)F)c2ccccc2)c2ccc3c(cnn3C3CCCCO3)c2)cc1)C(=O)O. The van der Waals surface area contributed by atoms with Gasteiger partial charge in [-0.1, -0.05) is 54.6 Å². The Kier molecular flexibility index (Phi) is 11.2.